The van der Waals surface area contributed by atoms with Crippen molar-refractivity contribution in [3.8, 4) is 17.6 Å². The highest BCUT2D eigenvalue weighted by Crippen LogP contribution is 2.51. The minimum absolute atomic E-state index is 0.176. The summed E-state index contributed by atoms with van der Waals surface area (Å²) >= 11 is 1.43. The van der Waals surface area contributed by atoms with Gasteiger partial charge in [0.05, 0.1) is 12.7 Å². The smallest absolute Gasteiger partial charge is 0.416 e. The first-order valence-electron chi connectivity index (χ1n) is 11.1. The van der Waals surface area contributed by atoms with Gasteiger partial charge in [-0.3, -0.25) is 4.79 Å². The van der Waals surface area contributed by atoms with E-state index < -0.39 is 23.1 Å². The topological polar surface area (TPSA) is 62.4 Å². The van der Waals surface area contributed by atoms with Crippen LogP contribution in [-0.4, -0.2) is 23.9 Å². The fourth-order valence-corrected chi connectivity index (χ4v) is 4.56. The second-order valence-corrected chi connectivity index (χ2v) is 10.1. The summed E-state index contributed by atoms with van der Waals surface area (Å²) < 4.78 is 45.4. The number of ether oxygens (including phenoxy) is 1. The van der Waals surface area contributed by atoms with E-state index in [0.29, 0.717) is 17.9 Å². The van der Waals surface area contributed by atoms with Gasteiger partial charge in [-0.15, -0.1) is 0 Å². The summed E-state index contributed by atoms with van der Waals surface area (Å²) in [5.41, 5.74) is 6.06. The number of hydrazine groups is 1. The lowest BCUT2D eigenvalue weighted by molar-refractivity contribution is -0.137. The molecule has 0 bridgehead atoms. The average Bonchev–Trinajstić information content (AvgIpc) is 3.15. The predicted octanol–water partition coefficient (Wildman–Crippen LogP) is 5.07. The van der Waals surface area contributed by atoms with Crippen LogP contribution in [0.5, 0.6) is 5.75 Å². The van der Waals surface area contributed by atoms with Crippen molar-refractivity contribution in [3.63, 3.8) is 0 Å². The molecule has 1 amide bonds. The normalized spacial score (nSPS) is 24.3. The number of benzene rings is 1. The molecule has 1 aromatic carbocycles. The van der Waals surface area contributed by atoms with Crippen molar-refractivity contribution < 1.29 is 22.7 Å². The number of carbonyl (C=O) groups is 1. The summed E-state index contributed by atoms with van der Waals surface area (Å²) in [4.78, 5) is 13.2. The monoisotopic (exact) mass is 493 g/mol. The molecule has 2 aliphatic rings. The van der Waals surface area contributed by atoms with Crippen molar-refractivity contribution in [1.82, 2.24) is 16.2 Å². The third-order valence-electron chi connectivity index (χ3n) is 5.89. The summed E-state index contributed by atoms with van der Waals surface area (Å²) in [6.07, 6.45) is 0.197. The number of methoxy groups -OCH3 is 1. The SMILES string of the molecule is C/C=C\C(C(=O)NC1NNC(C#CC2CC2(C)C)S1)=C(/CC)c1cc(C(F)(F)F)ccc1OC. The molecule has 184 valence electrons. The minimum atomic E-state index is -4.51. The van der Waals surface area contributed by atoms with Gasteiger partial charge in [0.1, 0.15) is 16.6 Å². The molecule has 1 saturated heterocycles. The number of amides is 1. The Bertz CT molecular complexity index is 1050. The third kappa shape index (κ3) is 6.17. The van der Waals surface area contributed by atoms with E-state index in [1.165, 1.54) is 24.9 Å². The molecule has 2 fully saturated rings. The molecule has 0 aromatic heterocycles. The Morgan fingerprint density at radius 1 is 1.32 bits per heavy atom. The van der Waals surface area contributed by atoms with Crippen molar-refractivity contribution in [2.45, 2.75) is 57.6 Å². The molecular weight excluding hydrogens is 463 g/mol. The van der Waals surface area contributed by atoms with Gasteiger partial charge < -0.3 is 10.1 Å². The Morgan fingerprint density at radius 2 is 2.03 bits per heavy atom. The molecule has 1 aliphatic heterocycles. The number of rotatable bonds is 6. The van der Waals surface area contributed by atoms with Crippen molar-refractivity contribution >= 4 is 23.2 Å². The summed E-state index contributed by atoms with van der Waals surface area (Å²) in [6.45, 7) is 7.91. The van der Waals surface area contributed by atoms with Crippen LogP contribution in [0.15, 0.2) is 35.9 Å². The molecule has 34 heavy (non-hydrogen) atoms. The van der Waals surface area contributed by atoms with Crippen LogP contribution >= 0.6 is 11.8 Å². The molecule has 3 rings (SSSR count). The van der Waals surface area contributed by atoms with E-state index >= 15 is 0 Å². The Labute approximate surface area is 202 Å². The van der Waals surface area contributed by atoms with Gasteiger partial charge in [0, 0.05) is 17.1 Å². The maximum absolute atomic E-state index is 13.4. The van der Waals surface area contributed by atoms with E-state index in [4.69, 9.17) is 4.74 Å². The second kappa shape index (κ2) is 10.5. The van der Waals surface area contributed by atoms with E-state index in [0.717, 1.165) is 18.6 Å². The minimum Gasteiger partial charge on any atom is -0.496 e. The lowest BCUT2D eigenvalue weighted by Crippen LogP contribution is -2.44. The molecule has 0 spiro atoms. The van der Waals surface area contributed by atoms with Gasteiger partial charge in [-0.1, -0.05) is 56.5 Å². The Balaban J connectivity index is 1.84. The van der Waals surface area contributed by atoms with Gasteiger partial charge in [0.25, 0.3) is 5.91 Å². The van der Waals surface area contributed by atoms with Crippen LogP contribution in [0.4, 0.5) is 13.2 Å². The summed E-state index contributed by atoms with van der Waals surface area (Å²) in [7, 11) is 1.39. The van der Waals surface area contributed by atoms with Gasteiger partial charge in [0.2, 0.25) is 0 Å². The lowest BCUT2D eigenvalue weighted by Gasteiger charge is -2.18. The molecule has 1 heterocycles. The Kier molecular flexibility index (Phi) is 8.06. The van der Waals surface area contributed by atoms with Crippen LogP contribution in [0, 0.1) is 23.2 Å². The molecule has 3 N–H and O–H groups in total. The number of thioether (sulfide) groups is 1. The van der Waals surface area contributed by atoms with Crippen molar-refractivity contribution in [2.75, 3.05) is 7.11 Å². The van der Waals surface area contributed by atoms with Gasteiger partial charge in [-0.2, -0.15) is 13.2 Å². The third-order valence-corrected chi connectivity index (χ3v) is 6.91. The quantitative estimate of drug-likeness (QED) is 0.293. The van der Waals surface area contributed by atoms with Crippen LogP contribution < -0.4 is 20.9 Å². The molecule has 1 aliphatic carbocycles. The predicted molar refractivity (Wildman–Crippen MR) is 129 cm³/mol. The van der Waals surface area contributed by atoms with E-state index in [9.17, 15) is 18.0 Å². The zero-order valence-electron chi connectivity index (χ0n) is 19.9. The van der Waals surface area contributed by atoms with E-state index in [-0.39, 0.29) is 27.7 Å². The van der Waals surface area contributed by atoms with Gasteiger partial charge in [-0.25, -0.2) is 10.9 Å². The number of nitrogens with one attached hydrogen (secondary N) is 3. The van der Waals surface area contributed by atoms with Crippen LogP contribution in [0.3, 0.4) is 0 Å². The first-order chi connectivity index (χ1) is 16.0. The van der Waals surface area contributed by atoms with Crippen LogP contribution in [0.1, 0.15) is 51.7 Å². The summed E-state index contributed by atoms with van der Waals surface area (Å²) in [5.74, 6) is 6.72. The fourth-order valence-electron chi connectivity index (χ4n) is 3.71. The van der Waals surface area contributed by atoms with Crippen LogP contribution in [-0.2, 0) is 11.0 Å². The van der Waals surface area contributed by atoms with Gasteiger partial charge in [-0.05, 0) is 49.0 Å². The molecule has 3 atom stereocenters. The first kappa shape index (κ1) is 26.2. The molecule has 0 radical (unpaired) electrons. The number of hydrogen-bond donors (Lipinski definition) is 3. The Morgan fingerprint density at radius 3 is 2.59 bits per heavy atom. The first-order valence-corrected chi connectivity index (χ1v) is 12.0. The number of allylic oxidation sites excluding steroid dienone is 2. The lowest BCUT2D eigenvalue weighted by atomic mass is 9.94. The van der Waals surface area contributed by atoms with E-state index in [1.54, 1.807) is 26.0 Å². The summed E-state index contributed by atoms with van der Waals surface area (Å²) in [5, 5.41) is 2.71. The number of hydrogen-bond acceptors (Lipinski definition) is 5. The zero-order valence-corrected chi connectivity index (χ0v) is 20.7. The summed E-state index contributed by atoms with van der Waals surface area (Å²) in [6, 6.07) is 3.28. The number of alkyl halides is 3. The van der Waals surface area contributed by atoms with Crippen molar-refractivity contribution in [1.29, 1.82) is 0 Å². The molecule has 9 heteroatoms. The van der Waals surface area contributed by atoms with Crippen molar-refractivity contribution in [3.05, 3.63) is 47.1 Å². The molecule has 1 saturated carbocycles. The zero-order chi connectivity index (χ0) is 25.1. The van der Waals surface area contributed by atoms with Gasteiger partial charge >= 0.3 is 6.18 Å². The Hall–Kier alpha value is -2.41. The van der Waals surface area contributed by atoms with E-state index in [1.807, 2.05) is 0 Å². The highest BCUT2D eigenvalue weighted by atomic mass is 32.2. The van der Waals surface area contributed by atoms with E-state index in [2.05, 4.69) is 41.9 Å². The molecule has 5 nitrogen and oxygen atoms in total. The number of carbonyl (C=O) groups excluding carboxylic acids is 1. The average molecular weight is 494 g/mol. The van der Waals surface area contributed by atoms with Crippen LogP contribution in [0.25, 0.3) is 5.57 Å². The van der Waals surface area contributed by atoms with Gasteiger partial charge in [0.15, 0.2) is 0 Å². The molecule has 3 unspecified atom stereocenters. The fraction of sp³-hybridized carbons (Fsp3) is 0.480. The van der Waals surface area contributed by atoms with Crippen molar-refractivity contribution in [2.24, 2.45) is 11.3 Å². The maximum atomic E-state index is 13.4. The maximum Gasteiger partial charge on any atom is 0.416 e. The van der Waals surface area contributed by atoms with Crippen LogP contribution in [0.2, 0.25) is 0 Å². The highest BCUT2D eigenvalue weighted by Gasteiger charge is 2.44. The standard InChI is InChI=1S/C25H30F3N3O2S/c1-6-8-18(17(7-2)19-13-15(25(26,27)28)9-11-20(19)33-5)22(32)29-23-31-30-21(34-23)12-10-16-14-24(16,3)4/h6,8-9,11,13,16,21,23,30-31H,7,14H2,1-5H3,(H,29,32)/b8-6-,18-17-. The molecule has 1 aromatic rings. The largest absolute Gasteiger partial charge is 0.496 e. The molecular formula is C25H30F3N3O2S. The second-order valence-electron chi connectivity index (χ2n) is 8.85. The highest BCUT2D eigenvalue weighted by molar-refractivity contribution is 8.00. The number of halogens is 3.